The van der Waals surface area contributed by atoms with Gasteiger partial charge in [-0.3, -0.25) is 0 Å². The summed E-state index contributed by atoms with van der Waals surface area (Å²) in [4.78, 5) is 14.8. The fraction of sp³-hybridized carbons (Fsp3) is 0. The zero-order chi connectivity index (χ0) is 12.3. The Kier molecular flexibility index (Phi) is 3.39. The highest BCUT2D eigenvalue weighted by molar-refractivity contribution is 9.10. The van der Waals surface area contributed by atoms with Gasteiger partial charge in [-0.15, -0.1) is 0 Å². The molecule has 1 heterocycles. The predicted molar refractivity (Wildman–Crippen MR) is 65.4 cm³/mol. The Labute approximate surface area is 106 Å². The minimum atomic E-state index is -0.985. The number of carboxylic acids is 1. The molecule has 1 aromatic carbocycles. The summed E-state index contributed by atoms with van der Waals surface area (Å²) in [6.07, 6.45) is 1.63. The first kappa shape index (κ1) is 11.6. The summed E-state index contributed by atoms with van der Waals surface area (Å²) in [7, 11) is 0. The van der Waals surface area contributed by atoms with Crippen molar-refractivity contribution in [1.82, 2.24) is 4.98 Å². The lowest BCUT2D eigenvalue weighted by Gasteiger charge is -2.07. The molecule has 0 saturated heterocycles. The van der Waals surface area contributed by atoms with Gasteiger partial charge in [-0.2, -0.15) is 0 Å². The van der Waals surface area contributed by atoms with Gasteiger partial charge in [0.2, 0.25) is 0 Å². The molecule has 1 N–H and O–H groups in total. The van der Waals surface area contributed by atoms with Crippen LogP contribution in [0.3, 0.4) is 0 Å². The van der Waals surface area contributed by atoms with Gasteiger partial charge in [0, 0.05) is 6.20 Å². The van der Waals surface area contributed by atoms with Crippen LogP contribution in [-0.4, -0.2) is 16.1 Å². The minimum Gasteiger partial charge on any atom is -0.478 e. The summed E-state index contributed by atoms with van der Waals surface area (Å²) in [5.74, 6) is 0.00865. The highest BCUT2D eigenvalue weighted by Gasteiger charge is 2.06. The van der Waals surface area contributed by atoms with Gasteiger partial charge in [0.1, 0.15) is 10.4 Å². The van der Waals surface area contributed by atoms with Gasteiger partial charge >= 0.3 is 5.97 Å². The topological polar surface area (TPSA) is 59.4 Å². The number of hydrogen-bond acceptors (Lipinski definition) is 3. The van der Waals surface area contributed by atoms with Crippen molar-refractivity contribution >= 4 is 21.9 Å². The maximum Gasteiger partial charge on any atom is 0.335 e. The smallest absolute Gasteiger partial charge is 0.335 e. The number of nitrogens with zero attached hydrogens (tertiary/aromatic N) is 1. The van der Waals surface area contributed by atoms with Gasteiger partial charge in [-0.25, -0.2) is 9.78 Å². The maximum absolute atomic E-state index is 10.8. The molecule has 0 aliphatic heterocycles. The number of carbonyl (C=O) groups is 1. The molecule has 4 nitrogen and oxygen atoms in total. The molecule has 86 valence electrons. The Hall–Kier alpha value is -1.88. The molecule has 0 aliphatic rings. The molecule has 2 rings (SSSR count). The zero-order valence-corrected chi connectivity index (χ0v) is 10.2. The molecule has 0 bridgehead atoms. The minimum absolute atomic E-state index is 0.183. The maximum atomic E-state index is 10.8. The van der Waals surface area contributed by atoms with E-state index in [1.165, 1.54) is 12.1 Å². The van der Waals surface area contributed by atoms with Crippen molar-refractivity contribution < 1.29 is 14.6 Å². The molecule has 0 aliphatic carbocycles. The monoisotopic (exact) mass is 293 g/mol. The van der Waals surface area contributed by atoms with E-state index in [-0.39, 0.29) is 5.56 Å². The molecular weight excluding hydrogens is 286 g/mol. The molecule has 5 heteroatoms. The van der Waals surface area contributed by atoms with Crippen molar-refractivity contribution in [3.63, 3.8) is 0 Å². The van der Waals surface area contributed by atoms with Crippen molar-refractivity contribution in [2.24, 2.45) is 0 Å². The molecule has 1 aromatic heterocycles. The summed E-state index contributed by atoms with van der Waals surface area (Å²) in [6, 6.07) is 9.76. The summed E-state index contributed by atoms with van der Waals surface area (Å²) >= 11 is 3.25. The molecule has 0 fully saturated rings. The van der Waals surface area contributed by atoms with E-state index >= 15 is 0 Å². The van der Waals surface area contributed by atoms with Crippen LogP contribution in [-0.2, 0) is 0 Å². The second-order valence-corrected chi connectivity index (χ2v) is 3.98. The molecule has 0 saturated carbocycles. The van der Waals surface area contributed by atoms with Crippen LogP contribution < -0.4 is 4.74 Å². The number of pyridine rings is 1. The predicted octanol–water partition coefficient (Wildman–Crippen LogP) is 3.33. The molecule has 0 amide bonds. The van der Waals surface area contributed by atoms with Crippen LogP contribution in [0.4, 0.5) is 0 Å². The third-order valence-corrected chi connectivity index (χ3v) is 2.63. The van der Waals surface area contributed by atoms with Crippen LogP contribution in [0.2, 0.25) is 0 Å². The Bertz CT molecular complexity index is 557. The number of benzene rings is 1. The van der Waals surface area contributed by atoms with Crippen LogP contribution in [0.25, 0.3) is 0 Å². The number of aromatic carboxylic acids is 1. The average Bonchev–Trinajstić information content (AvgIpc) is 2.32. The van der Waals surface area contributed by atoms with E-state index in [0.717, 1.165) is 0 Å². The standard InChI is InChI=1S/C12H8BrNO3/c13-11-10(5-2-6-14-11)17-9-4-1-3-8(7-9)12(15)16/h1-7H,(H,15,16). The summed E-state index contributed by atoms with van der Waals surface area (Å²) in [5.41, 5.74) is 0.183. The van der Waals surface area contributed by atoms with Crippen molar-refractivity contribution in [3.8, 4) is 11.5 Å². The number of carboxylic acid groups (broad SMARTS) is 1. The molecule has 0 atom stereocenters. The van der Waals surface area contributed by atoms with Gasteiger partial charge in [-0.05, 0) is 46.3 Å². The fourth-order valence-electron chi connectivity index (χ4n) is 1.27. The first-order chi connectivity index (χ1) is 8.16. The quantitative estimate of drug-likeness (QED) is 0.882. The van der Waals surface area contributed by atoms with Gasteiger partial charge in [0.25, 0.3) is 0 Å². The third-order valence-electron chi connectivity index (χ3n) is 2.03. The van der Waals surface area contributed by atoms with Crippen molar-refractivity contribution in [2.45, 2.75) is 0 Å². The van der Waals surface area contributed by atoms with Gasteiger partial charge in [-0.1, -0.05) is 6.07 Å². The van der Waals surface area contributed by atoms with Gasteiger partial charge in [0.15, 0.2) is 5.75 Å². The highest BCUT2D eigenvalue weighted by atomic mass is 79.9. The van der Waals surface area contributed by atoms with Gasteiger partial charge < -0.3 is 9.84 Å². The van der Waals surface area contributed by atoms with E-state index in [2.05, 4.69) is 20.9 Å². The van der Waals surface area contributed by atoms with Crippen LogP contribution in [0.5, 0.6) is 11.5 Å². The Morgan fingerprint density at radius 3 is 2.82 bits per heavy atom. The van der Waals surface area contributed by atoms with Crippen LogP contribution >= 0.6 is 15.9 Å². The Morgan fingerprint density at radius 1 is 1.29 bits per heavy atom. The number of hydrogen-bond donors (Lipinski definition) is 1. The normalized spacial score (nSPS) is 9.94. The molecule has 2 aromatic rings. The number of aromatic nitrogens is 1. The molecule has 0 radical (unpaired) electrons. The summed E-state index contributed by atoms with van der Waals surface area (Å²) < 4.78 is 6.10. The summed E-state index contributed by atoms with van der Waals surface area (Å²) in [6.45, 7) is 0. The lowest BCUT2D eigenvalue weighted by atomic mass is 10.2. The number of rotatable bonds is 3. The van der Waals surface area contributed by atoms with Crippen molar-refractivity contribution in [3.05, 3.63) is 52.8 Å². The number of halogens is 1. The average molecular weight is 294 g/mol. The first-order valence-corrected chi connectivity index (χ1v) is 5.58. The SMILES string of the molecule is O=C(O)c1cccc(Oc2cccnc2Br)c1. The second-order valence-electron chi connectivity index (χ2n) is 3.23. The van der Waals surface area contributed by atoms with Gasteiger partial charge in [0.05, 0.1) is 5.56 Å². The summed E-state index contributed by atoms with van der Waals surface area (Å²) in [5, 5.41) is 8.85. The Morgan fingerprint density at radius 2 is 2.12 bits per heavy atom. The Balaban J connectivity index is 2.28. The third kappa shape index (κ3) is 2.82. The van der Waals surface area contributed by atoms with E-state index in [0.29, 0.717) is 16.1 Å². The highest BCUT2D eigenvalue weighted by Crippen LogP contribution is 2.27. The van der Waals surface area contributed by atoms with E-state index in [1.54, 1.807) is 30.5 Å². The first-order valence-electron chi connectivity index (χ1n) is 4.78. The largest absolute Gasteiger partial charge is 0.478 e. The van der Waals surface area contributed by atoms with Crippen molar-refractivity contribution in [2.75, 3.05) is 0 Å². The van der Waals surface area contributed by atoms with Crippen LogP contribution in [0, 0.1) is 0 Å². The zero-order valence-electron chi connectivity index (χ0n) is 8.63. The second kappa shape index (κ2) is 4.97. The van der Waals surface area contributed by atoms with E-state index in [4.69, 9.17) is 9.84 Å². The molecule has 0 unspecified atom stereocenters. The fourth-order valence-corrected chi connectivity index (χ4v) is 1.60. The molecule has 0 spiro atoms. The molecular formula is C12H8BrNO3. The number of ether oxygens (including phenoxy) is 1. The lowest BCUT2D eigenvalue weighted by molar-refractivity contribution is 0.0696. The van der Waals surface area contributed by atoms with Crippen molar-refractivity contribution in [1.29, 1.82) is 0 Å². The van der Waals surface area contributed by atoms with E-state index in [1.807, 2.05) is 0 Å². The lowest BCUT2D eigenvalue weighted by Crippen LogP contribution is -1.96. The van der Waals surface area contributed by atoms with E-state index < -0.39 is 5.97 Å². The van der Waals surface area contributed by atoms with Crippen LogP contribution in [0.1, 0.15) is 10.4 Å². The van der Waals surface area contributed by atoms with Crippen LogP contribution in [0.15, 0.2) is 47.2 Å². The van der Waals surface area contributed by atoms with E-state index in [9.17, 15) is 4.79 Å². The molecule has 17 heavy (non-hydrogen) atoms.